The van der Waals surface area contributed by atoms with Crippen LogP contribution in [-0.2, 0) is 9.59 Å². The first kappa shape index (κ1) is 10.2. The molecule has 4 N–H and O–H groups in total. The summed E-state index contributed by atoms with van der Waals surface area (Å²) in [7, 11) is 0. The molecule has 0 spiro atoms. The summed E-state index contributed by atoms with van der Waals surface area (Å²) in [6.45, 7) is 2.61. The molecule has 0 fully saturated rings. The predicted octanol–water partition coefficient (Wildman–Crippen LogP) is -1.51. The number of nitrogens with zero attached hydrogens (tertiary/aromatic N) is 1. The molecule has 1 unspecified atom stereocenters. The quantitative estimate of drug-likeness (QED) is 0.475. The van der Waals surface area contributed by atoms with Gasteiger partial charge in [-0.1, -0.05) is 0 Å². The van der Waals surface area contributed by atoms with Crippen LogP contribution >= 0.6 is 0 Å². The number of aliphatic imine (C=N–C) groups is 1. The molecule has 14 heavy (non-hydrogen) atoms. The molecule has 7 nitrogen and oxygen atoms in total. The Morgan fingerprint density at radius 1 is 1.57 bits per heavy atom. The van der Waals surface area contributed by atoms with Crippen molar-refractivity contribution < 1.29 is 14.4 Å². The van der Waals surface area contributed by atoms with Crippen LogP contribution < -0.4 is 16.4 Å². The van der Waals surface area contributed by atoms with E-state index < -0.39 is 23.4 Å². The van der Waals surface area contributed by atoms with Gasteiger partial charge in [0.15, 0.2) is 5.54 Å². The maximum absolute atomic E-state index is 11.4. The van der Waals surface area contributed by atoms with Crippen molar-refractivity contribution in [3.8, 4) is 0 Å². The number of imide groups is 1. The van der Waals surface area contributed by atoms with Crippen molar-refractivity contribution in [3.05, 3.63) is 0 Å². The van der Waals surface area contributed by atoms with E-state index in [1.54, 1.807) is 0 Å². The number of hydrogen-bond acceptors (Lipinski definition) is 4. The molecule has 1 aliphatic heterocycles. The average Bonchev–Trinajstić information content (AvgIpc) is 1.99. The topological polar surface area (TPSA) is 114 Å². The SMILES string of the molecule is CC(=O)NC1(C)C(=O)NC(=O)N=C1N. The van der Waals surface area contributed by atoms with Gasteiger partial charge in [-0.2, -0.15) is 4.99 Å². The van der Waals surface area contributed by atoms with Crippen LogP contribution in [0.15, 0.2) is 4.99 Å². The van der Waals surface area contributed by atoms with Crippen molar-refractivity contribution in [1.82, 2.24) is 10.6 Å². The third-order valence-corrected chi connectivity index (χ3v) is 1.83. The summed E-state index contributed by atoms with van der Waals surface area (Å²) >= 11 is 0. The van der Waals surface area contributed by atoms with E-state index in [1.807, 2.05) is 5.32 Å². The first-order chi connectivity index (χ1) is 6.36. The molecule has 0 saturated carbocycles. The van der Waals surface area contributed by atoms with Gasteiger partial charge in [-0.3, -0.25) is 14.9 Å². The van der Waals surface area contributed by atoms with Gasteiger partial charge in [-0.15, -0.1) is 0 Å². The molecule has 76 valence electrons. The van der Waals surface area contributed by atoms with Gasteiger partial charge >= 0.3 is 6.03 Å². The van der Waals surface area contributed by atoms with Crippen molar-refractivity contribution in [3.63, 3.8) is 0 Å². The standard InChI is InChI=1S/C7H10N4O3/c1-3(12)11-7(2)4(8)9-6(14)10-5(7)13/h1-2H3,(H,11,12)(H3,8,9,10,13,14). The van der Waals surface area contributed by atoms with E-state index in [0.29, 0.717) is 0 Å². The lowest BCUT2D eigenvalue weighted by atomic mass is 9.98. The molecule has 0 aromatic heterocycles. The third kappa shape index (κ3) is 1.56. The summed E-state index contributed by atoms with van der Waals surface area (Å²) in [5.41, 5.74) is 3.95. The Kier molecular flexibility index (Phi) is 2.24. The molecule has 1 aliphatic rings. The number of carbonyl (C=O) groups is 3. The van der Waals surface area contributed by atoms with Gasteiger partial charge in [0, 0.05) is 6.92 Å². The fourth-order valence-corrected chi connectivity index (χ4v) is 1.06. The molecule has 4 amide bonds. The summed E-state index contributed by atoms with van der Waals surface area (Å²) in [5.74, 6) is -1.35. The highest BCUT2D eigenvalue weighted by molar-refractivity contribution is 6.22. The lowest BCUT2D eigenvalue weighted by Gasteiger charge is -2.30. The minimum Gasteiger partial charge on any atom is -0.385 e. The van der Waals surface area contributed by atoms with Gasteiger partial charge in [0.2, 0.25) is 5.91 Å². The molecule has 0 radical (unpaired) electrons. The van der Waals surface area contributed by atoms with E-state index in [0.717, 1.165) is 0 Å². The van der Waals surface area contributed by atoms with Crippen LogP contribution in [0, 0.1) is 0 Å². The first-order valence-electron chi connectivity index (χ1n) is 3.85. The number of nitrogens with two attached hydrogens (primary N) is 1. The lowest BCUT2D eigenvalue weighted by molar-refractivity contribution is -0.129. The van der Waals surface area contributed by atoms with Crippen LogP contribution in [0.5, 0.6) is 0 Å². The van der Waals surface area contributed by atoms with Gasteiger partial charge < -0.3 is 11.1 Å². The van der Waals surface area contributed by atoms with Gasteiger partial charge in [0.25, 0.3) is 5.91 Å². The first-order valence-corrected chi connectivity index (χ1v) is 3.85. The maximum atomic E-state index is 11.4. The van der Waals surface area contributed by atoms with Crippen LogP contribution in [0.3, 0.4) is 0 Å². The second-order valence-electron chi connectivity index (χ2n) is 3.06. The van der Waals surface area contributed by atoms with Crippen molar-refractivity contribution in [2.45, 2.75) is 19.4 Å². The van der Waals surface area contributed by atoms with E-state index in [2.05, 4.69) is 10.3 Å². The zero-order valence-electron chi connectivity index (χ0n) is 7.75. The minimum atomic E-state index is -1.44. The van der Waals surface area contributed by atoms with Gasteiger partial charge in [-0.25, -0.2) is 4.79 Å². The van der Waals surface area contributed by atoms with Crippen LogP contribution in [0.25, 0.3) is 0 Å². The predicted molar refractivity (Wildman–Crippen MR) is 47.4 cm³/mol. The molecule has 0 saturated heterocycles. The Balaban J connectivity index is 3.07. The van der Waals surface area contributed by atoms with Gasteiger partial charge in [-0.05, 0) is 6.92 Å². The molecule has 7 heteroatoms. The van der Waals surface area contributed by atoms with Gasteiger partial charge in [0.1, 0.15) is 5.84 Å². The molecule has 1 rings (SSSR count). The molecule has 0 aromatic rings. The Morgan fingerprint density at radius 3 is 2.57 bits per heavy atom. The second-order valence-corrected chi connectivity index (χ2v) is 3.06. The van der Waals surface area contributed by atoms with Crippen molar-refractivity contribution in [1.29, 1.82) is 0 Å². The fourth-order valence-electron chi connectivity index (χ4n) is 1.06. The lowest BCUT2D eigenvalue weighted by Crippen LogP contribution is -2.67. The summed E-state index contributed by atoms with van der Waals surface area (Å²) in [6.07, 6.45) is 0. The third-order valence-electron chi connectivity index (χ3n) is 1.83. The van der Waals surface area contributed by atoms with E-state index in [4.69, 9.17) is 5.73 Å². The van der Waals surface area contributed by atoms with Crippen LogP contribution in [0.4, 0.5) is 4.79 Å². The summed E-state index contributed by atoms with van der Waals surface area (Å²) < 4.78 is 0. The Bertz CT molecular complexity index is 349. The van der Waals surface area contributed by atoms with E-state index >= 15 is 0 Å². The fraction of sp³-hybridized carbons (Fsp3) is 0.429. The molecule has 0 bridgehead atoms. The Morgan fingerprint density at radius 2 is 2.14 bits per heavy atom. The normalized spacial score (nSPS) is 26.6. The van der Waals surface area contributed by atoms with E-state index in [9.17, 15) is 14.4 Å². The van der Waals surface area contributed by atoms with Crippen molar-refractivity contribution in [2.75, 3.05) is 0 Å². The monoisotopic (exact) mass is 198 g/mol. The summed E-state index contributed by atoms with van der Waals surface area (Å²) in [5, 5.41) is 4.26. The summed E-state index contributed by atoms with van der Waals surface area (Å²) in [6, 6.07) is -0.824. The maximum Gasteiger partial charge on any atom is 0.349 e. The average molecular weight is 198 g/mol. The number of urea groups is 1. The van der Waals surface area contributed by atoms with Crippen LogP contribution in [0.2, 0.25) is 0 Å². The highest BCUT2D eigenvalue weighted by Gasteiger charge is 2.42. The number of carbonyl (C=O) groups excluding carboxylic acids is 3. The van der Waals surface area contributed by atoms with Gasteiger partial charge in [0.05, 0.1) is 0 Å². The molecule has 0 aromatic carbocycles. The highest BCUT2D eigenvalue weighted by atomic mass is 16.2. The molecule has 0 aliphatic carbocycles. The van der Waals surface area contributed by atoms with Crippen molar-refractivity contribution >= 4 is 23.7 Å². The molecule has 1 atom stereocenters. The molecular weight excluding hydrogens is 188 g/mol. The number of hydrogen-bond donors (Lipinski definition) is 3. The number of nitrogens with one attached hydrogen (secondary N) is 2. The molecule has 1 heterocycles. The highest BCUT2D eigenvalue weighted by Crippen LogP contribution is 2.08. The van der Waals surface area contributed by atoms with Crippen LogP contribution in [0.1, 0.15) is 13.8 Å². The smallest absolute Gasteiger partial charge is 0.349 e. The number of amidine groups is 1. The minimum absolute atomic E-state index is 0.221. The number of amides is 4. The largest absolute Gasteiger partial charge is 0.385 e. The molecular formula is C7H10N4O3. The van der Waals surface area contributed by atoms with Crippen LogP contribution in [-0.4, -0.2) is 29.2 Å². The zero-order valence-corrected chi connectivity index (χ0v) is 7.75. The van der Waals surface area contributed by atoms with E-state index in [1.165, 1.54) is 13.8 Å². The number of rotatable bonds is 1. The van der Waals surface area contributed by atoms with E-state index in [-0.39, 0.29) is 5.84 Å². The summed E-state index contributed by atoms with van der Waals surface area (Å²) in [4.78, 5) is 36.3. The Labute approximate surface area is 79.7 Å². The van der Waals surface area contributed by atoms with Crippen molar-refractivity contribution in [2.24, 2.45) is 10.7 Å². The zero-order chi connectivity index (χ0) is 10.9. The second kappa shape index (κ2) is 3.09. The Hall–Kier alpha value is -1.92.